The van der Waals surface area contributed by atoms with E-state index in [1.165, 1.54) is 6.92 Å². The fourth-order valence-electron chi connectivity index (χ4n) is 0.629. The summed E-state index contributed by atoms with van der Waals surface area (Å²) in [6, 6.07) is 0. The van der Waals surface area contributed by atoms with Gasteiger partial charge in [0.05, 0.1) is 0 Å². The van der Waals surface area contributed by atoms with Gasteiger partial charge < -0.3 is 25.2 Å². The van der Waals surface area contributed by atoms with Gasteiger partial charge in [-0.1, -0.05) is 13.5 Å². The lowest BCUT2D eigenvalue weighted by Crippen LogP contribution is -2.57. The second-order valence-corrected chi connectivity index (χ2v) is 2.80. The molecule has 0 bridgehead atoms. The van der Waals surface area contributed by atoms with E-state index in [2.05, 4.69) is 11.3 Å². The Morgan fingerprint density at radius 1 is 1.36 bits per heavy atom. The van der Waals surface area contributed by atoms with Crippen LogP contribution in [0.2, 0.25) is 0 Å². The number of ether oxygens (including phenoxy) is 1. The van der Waals surface area contributed by atoms with Crippen LogP contribution >= 0.6 is 0 Å². The molecule has 0 aromatic rings. The minimum atomic E-state index is -2.90. The Labute approximate surface area is 81.1 Å². The van der Waals surface area contributed by atoms with E-state index in [1.54, 1.807) is 0 Å². The first-order valence-electron chi connectivity index (χ1n) is 3.95. The smallest absolute Gasteiger partial charge is 0.330 e. The van der Waals surface area contributed by atoms with Gasteiger partial charge in [0.25, 0.3) is 5.79 Å². The van der Waals surface area contributed by atoms with E-state index in [4.69, 9.17) is 20.4 Å². The molecule has 0 aliphatic rings. The molecular formula is C8H14O6. The molecule has 0 spiro atoms. The Hall–Kier alpha value is -0.950. The van der Waals surface area contributed by atoms with Gasteiger partial charge in [-0.3, -0.25) is 0 Å². The molecule has 0 amide bonds. The number of aliphatic hydroxyl groups is 4. The van der Waals surface area contributed by atoms with Crippen LogP contribution in [0.4, 0.5) is 0 Å². The van der Waals surface area contributed by atoms with E-state index in [1.807, 2.05) is 0 Å². The molecule has 6 heteroatoms. The summed E-state index contributed by atoms with van der Waals surface area (Å²) in [5.41, 5.74) is 0. The molecule has 0 heterocycles. The Kier molecular flexibility index (Phi) is 4.21. The van der Waals surface area contributed by atoms with Crippen LogP contribution in [0.1, 0.15) is 13.3 Å². The van der Waals surface area contributed by atoms with E-state index in [-0.39, 0.29) is 6.42 Å². The molecule has 6 nitrogen and oxygen atoms in total. The van der Waals surface area contributed by atoms with Gasteiger partial charge in [-0.25, -0.2) is 4.79 Å². The molecule has 0 unspecified atom stereocenters. The third kappa shape index (κ3) is 3.08. The first kappa shape index (κ1) is 13.1. The number of esters is 1. The highest BCUT2D eigenvalue weighted by Gasteiger charge is 2.46. The molecule has 0 saturated carbocycles. The van der Waals surface area contributed by atoms with Crippen LogP contribution in [-0.2, 0) is 9.53 Å². The van der Waals surface area contributed by atoms with E-state index in [0.29, 0.717) is 0 Å². The van der Waals surface area contributed by atoms with Gasteiger partial charge in [-0.05, 0) is 0 Å². The third-order valence-electron chi connectivity index (χ3n) is 1.72. The fourth-order valence-corrected chi connectivity index (χ4v) is 0.629. The van der Waals surface area contributed by atoms with Crippen LogP contribution < -0.4 is 0 Å². The largest absolute Gasteiger partial charge is 0.457 e. The summed E-state index contributed by atoms with van der Waals surface area (Å²) in [5, 5.41) is 36.4. The minimum Gasteiger partial charge on any atom is -0.457 e. The predicted octanol–water partition coefficient (Wildman–Crippen LogP) is -1.51. The highest BCUT2D eigenvalue weighted by Crippen LogP contribution is 2.20. The van der Waals surface area contributed by atoms with Crippen LogP contribution in [0.3, 0.4) is 0 Å². The maximum absolute atomic E-state index is 10.5. The molecule has 14 heavy (non-hydrogen) atoms. The Balaban J connectivity index is 4.34. The average molecular weight is 206 g/mol. The van der Waals surface area contributed by atoms with Crippen molar-refractivity contribution in [2.45, 2.75) is 24.9 Å². The average Bonchev–Trinajstić information content (AvgIpc) is 2.13. The zero-order valence-electron chi connectivity index (χ0n) is 7.80. The summed E-state index contributed by atoms with van der Waals surface area (Å²) in [7, 11) is 0. The topological polar surface area (TPSA) is 107 Å². The van der Waals surface area contributed by atoms with Crippen molar-refractivity contribution in [2.75, 3.05) is 6.61 Å². The van der Waals surface area contributed by atoms with E-state index >= 15 is 0 Å². The third-order valence-corrected chi connectivity index (χ3v) is 1.72. The summed E-state index contributed by atoms with van der Waals surface area (Å²) in [6.45, 7) is 3.46. The number of hydrogen-bond acceptors (Lipinski definition) is 6. The first-order valence-corrected chi connectivity index (χ1v) is 3.95. The van der Waals surface area contributed by atoms with Gasteiger partial charge in [0.1, 0.15) is 0 Å². The van der Waals surface area contributed by atoms with E-state index < -0.39 is 24.2 Å². The van der Waals surface area contributed by atoms with Gasteiger partial charge in [0, 0.05) is 12.5 Å². The van der Waals surface area contributed by atoms with Crippen molar-refractivity contribution in [3.8, 4) is 0 Å². The zero-order valence-corrected chi connectivity index (χ0v) is 7.80. The van der Waals surface area contributed by atoms with Gasteiger partial charge in [0.15, 0.2) is 6.61 Å². The second kappa shape index (κ2) is 4.52. The molecule has 0 saturated heterocycles. The van der Waals surface area contributed by atoms with E-state index in [0.717, 1.165) is 6.08 Å². The lowest BCUT2D eigenvalue weighted by atomic mass is 10.0. The fraction of sp³-hybridized carbons (Fsp3) is 0.625. The molecule has 82 valence electrons. The Bertz CT molecular complexity index is 220. The van der Waals surface area contributed by atoms with Crippen LogP contribution in [0.25, 0.3) is 0 Å². The molecule has 0 radical (unpaired) electrons. The quantitative estimate of drug-likeness (QED) is 0.247. The molecule has 0 fully saturated rings. The Morgan fingerprint density at radius 2 is 1.86 bits per heavy atom. The summed E-state index contributed by atoms with van der Waals surface area (Å²) < 4.78 is 4.27. The normalized spacial score (nSPS) is 12.4. The zero-order chi connectivity index (χ0) is 11.4. The number of carbonyl (C=O) groups is 1. The van der Waals surface area contributed by atoms with Gasteiger partial charge in [-0.2, -0.15) is 0 Å². The SMILES string of the molecule is C=CC(=O)OCC(O)(O)C(O)(O)CC. The molecule has 0 aromatic heterocycles. The van der Waals surface area contributed by atoms with Crippen molar-refractivity contribution in [2.24, 2.45) is 0 Å². The van der Waals surface area contributed by atoms with Crippen molar-refractivity contribution in [1.29, 1.82) is 0 Å². The van der Waals surface area contributed by atoms with Crippen molar-refractivity contribution < 1.29 is 30.0 Å². The number of rotatable bonds is 5. The maximum Gasteiger partial charge on any atom is 0.330 e. The predicted molar refractivity (Wildman–Crippen MR) is 45.8 cm³/mol. The summed E-state index contributed by atoms with van der Waals surface area (Å²) in [6.07, 6.45) is 0.490. The van der Waals surface area contributed by atoms with Crippen LogP contribution in [0.15, 0.2) is 12.7 Å². The van der Waals surface area contributed by atoms with Crippen LogP contribution in [0.5, 0.6) is 0 Å². The summed E-state index contributed by atoms with van der Waals surface area (Å²) >= 11 is 0. The molecule has 0 aliphatic heterocycles. The number of hydrogen-bond donors (Lipinski definition) is 4. The lowest BCUT2D eigenvalue weighted by Gasteiger charge is -2.33. The van der Waals surface area contributed by atoms with Crippen molar-refractivity contribution >= 4 is 5.97 Å². The first-order chi connectivity index (χ1) is 6.27. The Morgan fingerprint density at radius 3 is 2.21 bits per heavy atom. The van der Waals surface area contributed by atoms with Gasteiger partial charge >= 0.3 is 5.97 Å². The molecule has 0 aromatic carbocycles. The van der Waals surface area contributed by atoms with Crippen molar-refractivity contribution in [1.82, 2.24) is 0 Å². The molecule has 0 rings (SSSR count). The van der Waals surface area contributed by atoms with Crippen molar-refractivity contribution in [3.63, 3.8) is 0 Å². The highest BCUT2D eigenvalue weighted by atomic mass is 16.6. The van der Waals surface area contributed by atoms with Crippen LogP contribution in [0, 0.1) is 0 Å². The van der Waals surface area contributed by atoms with Gasteiger partial charge in [-0.15, -0.1) is 0 Å². The second-order valence-electron chi connectivity index (χ2n) is 2.80. The standard InChI is InChI=1S/C8H14O6/c1-3-6(9)14-5-8(12,13)7(10,11)4-2/h3,10-13H,1,4-5H2,2H3. The molecule has 4 N–H and O–H groups in total. The summed E-state index contributed by atoms with van der Waals surface area (Å²) in [5.74, 6) is -6.51. The maximum atomic E-state index is 10.5. The number of carbonyl (C=O) groups excluding carboxylic acids is 1. The van der Waals surface area contributed by atoms with Gasteiger partial charge in [0.2, 0.25) is 5.79 Å². The van der Waals surface area contributed by atoms with Crippen molar-refractivity contribution in [3.05, 3.63) is 12.7 Å². The highest BCUT2D eigenvalue weighted by molar-refractivity contribution is 5.81. The monoisotopic (exact) mass is 206 g/mol. The van der Waals surface area contributed by atoms with E-state index in [9.17, 15) is 4.79 Å². The van der Waals surface area contributed by atoms with Crippen LogP contribution in [-0.4, -0.2) is 44.6 Å². The molecule has 0 atom stereocenters. The summed E-state index contributed by atoms with van der Waals surface area (Å²) in [4.78, 5) is 10.5. The minimum absolute atomic E-state index is 0.328. The lowest BCUT2D eigenvalue weighted by molar-refractivity contribution is -0.366. The molecule has 0 aliphatic carbocycles. The molecular weight excluding hydrogens is 192 g/mol.